The molecule has 0 spiro atoms. The summed E-state index contributed by atoms with van der Waals surface area (Å²) in [5.74, 6) is -1.51. The van der Waals surface area contributed by atoms with Crippen molar-refractivity contribution in [3.05, 3.63) is 77.1 Å². The molecule has 0 unspecified atom stereocenters. The number of aromatic nitrogens is 2. The van der Waals surface area contributed by atoms with Crippen LogP contribution < -0.4 is 5.73 Å². The Balaban J connectivity index is 1.73. The average molecular weight is 617 g/mol. The maximum atomic E-state index is 14.2. The number of rotatable bonds is 6. The molecule has 1 aliphatic rings. The van der Waals surface area contributed by atoms with Crippen LogP contribution in [0, 0.1) is 0 Å². The van der Waals surface area contributed by atoms with Crippen molar-refractivity contribution in [2.75, 3.05) is 13.1 Å². The standard InChI is InChI=1S/C27H23F7N4O3S/c1-25(28)6-9-38(10-7-25)42(40,41)21-4-2-3-16(13-21)22(23(35)39)15-20-5-8-36-24(37-20)17-11-18(26(29,30)31)14-19(12-17)27(32,33)34/h2-5,8,11-15H,6-7,9-10H2,1H3,(H2,35,39)/b22-15+. The number of benzene rings is 2. The van der Waals surface area contributed by atoms with E-state index in [4.69, 9.17) is 5.73 Å². The summed E-state index contributed by atoms with van der Waals surface area (Å²) in [5, 5.41) is 0. The predicted molar refractivity (Wildman–Crippen MR) is 138 cm³/mol. The summed E-state index contributed by atoms with van der Waals surface area (Å²) in [4.78, 5) is 20.0. The van der Waals surface area contributed by atoms with Gasteiger partial charge in [-0.25, -0.2) is 22.8 Å². The first-order chi connectivity index (χ1) is 19.4. The van der Waals surface area contributed by atoms with Gasteiger partial charge in [-0.3, -0.25) is 4.79 Å². The number of carbonyl (C=O) groups excluding carboxylic acids is 1. The van der Waals surface area contributed by atoms with Gasteiger partial charge in [-0.1, -0.05) is 12.1 Å². The Bertz CT molecular complexity index is 1610. The third kappa shape index (κ3) is 6.95. The Morgan fingerprint density at radius 2 is 1.57 bits per heavy atom. The van der Waals surface area contributed by atoms with Crippen LogP contribution in [-0.4, -0.2) is 47.4 Å². The van der Waals surface area contributed by atoms with Crippen LogP contribution in [0.5, 0.6) is 0 Å². The molecule has 7 nitrogen and oxygen atoms in total. The molecule has 0 atom stereocenters. The zero-order chi connectivity index (χ0) is 31.1. The average Bonchev–Trinajstić information content (AvgIpc) is 2.90. The summed E-state index contributed by atoms with van der Waals surface area (Å²) in [6.45, 7) is 1.29. The second-order valence-electron chi connectivity index (χ2n) is 9.87. The third-order valence-electron chi connectivity index (χ3n) is 6.63. The Labute approximate surface area is 235 Å². The maximum Gasteiger partial charge on any atom is 0.416 e. The van der Waals surface area contributed by atoms with Gasteiger partial charge < -0.3 is 5.73 Å². The number of carbonyl (C=O) groups is 1. The molecular weight excluding hydrogens is 593 g/mol. The number of sulfonamides is 1. The lowest BCUT2D eigenvalue weighted by molar-refractivity contribution is -0.143. The lowest BCUT2D eigenvalue weighted by Gasteiger charge is -2.33. The van der Waals surface area contributed by atoms with Crippen LogP contribution in [0.2, 0.25) is 0 Å². The number of hydrogen-bond acceptors (Lipinski definition) is 5. The van der Waals surface area contributed by atoms with Gasteiger partial charge in [-0.05, 0) is 67.8 Å². The maximum absolute atomic E-state index is 14.2. The first-order valence-electron chi connectivity index (χ1n) is 12.3. The fourth-order valence-corrected chi connectivity index (χ4v) is 5.77. The molecule has 2 N–H and O–H groups in total. The molecule has 3 aromatic rings. The molecule has 4 rings (SSSR count). The molecule has 1 amide bonds. The first kappa shape index (κ1) is 31.1. The van der Waals surface area contributed by atoms with E-state index in [9.17, 15) is 43.9 Å². The van der Waals surface area contributed by atoms with E-state index >= 15 is 0 Å². The van der Waals surface area contributed by atoms with E-state index < -0.39 is 56.5 Å². The molecule has 0 bridgehead atoms. The van der Waals surface area contributed by atoms with E-state index in [0.717, 1.165) is 16.6 Å². The molecule has 0 saturated carbocycles. The second-order valence-corrected chi connectivity index (χ2v) is 11.8. The number of amides is 1. The van der Waals surface area contributed by atoms with Gasteiger partial charge in [0.15, 0.2) is 5.82 Å². The van der Waals surface area contributed by atoms with Crippen LogP contribution in [-0.2, 0) is 27.2 Å². The molecule has 0 aliphatic carbocycles. The highest BCUT2D eigenvalue weighted by Crippen LogP contribution is 2.38. The predicted octanol–water partition coefficient (Wildman–Crippen LogP) is 5.72. The largest absolute Gasteiger partial charge is 0.416 e. The summed E-state index contributed by atoms with van der Waals surface area (Å²) in [5.41, 5.74) is 0.0482. The van der Waals surface area contributed by atoms with Gasteiger partial charge in [0.25, 0.3) is 0 Å². The molecule has 0 radical (unpaired) electrons. The number of primary amides is 1. The van der Waals surface area contributed by atoms with Crippen LogP contribution in [0.1, 0.15) is 42.1 Å². The smallest absolute Gasteiger partial charge is 0.366 e. The van der Waals surface area contributed by atoms with Gasteiger partial charge in [0.2, 0.25) is 15.9 Å². The minimum Gasteiger partial charge on any atom is -0.366 e. The normalized spacial score (nSPS) is 16.8. The van der Waals surface area contributed by atoms with Crippen LogP contribution in [0.15, 0.2) is 59.6 Å². The van der Waals surface area contributed by atoms with Crippen molar-refractivity contribution in [3.63, 3.8) is 0 Å². The number of piperidine rings is 1. The monoisotopic (exact) mass is 616 g/mol. The number of hydrogen-bond donors (Lipinski definition) is 1. The Hall–Kier alpha value is -3.85. The topological polar surface area (TPSA) is 106 Å². The zero-order valence-corrected chi connectivity index (χ0v) is 22.6. The fraction of sp³-hybridized carbons (Fsp3) is 0.296. The van der Waals surface area contributed by atoms with Gasteiger partial charge >= 0.3 is 12.4 Å². The summed E-state index contributed by atoms with van der Waals surface area (Å²) < 4.78 is 122. The SMILES string of the molecule is CC1(F)CCN(S(=O)(=O)c2cccc(/C(=C\c3ccnc(-c4cc(C(F)(F)F)cc(C(F)(F)F)c4)n3)C(N)=O)c2)CC1. The van der Waals surface area contributed by atoms with Crippen LogP contribution in [0.4, 0.5) is 30.7 Å². The summed E-state index contributed by atoms with van der Waals surface area (Å²) >= 11 is 0. The number of alkyl halides is 7. The number of halogens is 7. The Morgan fingerprint density at radius 3 is 2.12 bits per heavy atom. The van der Waals surface area contributed by atoms with E-state index in [0.29, 0.717) is 12.1 Å². The van der Waals surface area contributed by atoms with Crippen LogP contribution in [0.25, 0.3) is 23.0 Å². The van der Waals surface area contributed by atoms with Crippen molar-refractivity contribution in [3.8, 4) is 11.4 Å². The quantitative estimate of drug-likeness (QED) is 0.282. The van der Waals surface area contributed by atoms with Gasteiger partial charge in [-0.2, -0.15) is 30.6 Å². The van der Waals surface area contributed by atoms with Gasteiger partial charge in [0, 0.05) is 30.4 Å². The van der Waals surface area contributed by atoms with Crippen molar-refractivity contribution in [2.24, 2.45) is 5.73 Å². The Kier molecular flexibility index (Phi) is 8.21. The number of nitrogens with two attached hydrogens (primary N) is 1. The van der Waals surface area contributed by atoms with Crippen LogP contribution >= 0.6 is 0 Å². The fourth-order valence-electron chi connectivity index (χ4n) is 4.29. The van der Waals surface area contributed by atoms with Gasteiger partial charge in [0.1, 0.15) is 5.67 Å². The van der Waals surface area contributed by atoms with Gasteiger partial charge in [-0.15, -0.1) is 0 Å². The molecule has 42 heavy (non-hydrogen) atoms. The molecule has 1 aromatic heterocycles. The van der Waals surface area contributed by atoms with Gasteiger partial charge in [0.05, 0.1) is 21.7 Å². The molecule has 1 fully saturated rings. The molecule has 1 aliphatic heterocycles. The zero-order valence-electron chi connectivity index (χ0n) is 21.8. The third-order valence-corrected chi connectivity index (χ3v) is 8.52. The van der Waals surface area contributed by atoms with Crippen molar-refractivity contribution >= 4 is 27.6 Å². The summed E-state index contributed by atoms with van der Waals surface area (Å²) in [7, 11) is -4.06. The van der Waals surface area contributed by atoms with Crippen LogP contribution in [0.3, 0.4) is 0 Å². The lowest BCUT2D eigenvalue weighted by atomic mass is 9.97. The van der Waals surface area contributed by atoms with Crippen molar-refractivity contribution in [2.45, 2.75) is 42.7 Å². The molecule has 224 valence electrons. The highest BCUT2D eigenvalue weighted by molar-refractivity contribution is 7.89. The molecule has 1 saturated heterocycles. The van der Waals surface area contributed by atoms with E-state index in [1.165, 1.54) is 37.3 Å². The minimum absolute atomic E-state index is 0.00471. The second kappa shape index (κ2) is 11.1. The Morgan fingerprint density at radius 1 is 0.976 bits per heavy atom. The van der Waals surface area contributed by atoms with E-state index in [1.54, 1.807) is 0 Å². The molecule has 2 aromatic carbocycles. The highest BCUT2D eigenvalue weighted by atomic mass is 32.2. The molecule has 2 heterocycles. The van der Waals surface area contributed by atoms with E-state index in [1.807, 2.05) is 0 Å². The summed E-state index contributed by atoms with van der Waals surface area (Å²) in [6.07, 6.45) is -7.99. The number of nitrogens with zero attached hydrogens (tertiary/aromatic N) is 3. The summed E-state index contributed by atoms with van der Waals surface area (Å²) in [6, 6.07) is 7.34. The minimum atomic E-state index is -5.09. The first-order valence-corrected chi connectivity index (χ1v) is 13.7. The van der Waals surface area contributed by atoms with Crippen molar-refractivity contribution < 1.29 is 43.9 Å². The lowest BCUT2D eigenvalue weighted by Crippen LogP contribution is -2.43. The van der Waals surface area contributed by atoms with E-state index in [-0.39, 0.29) is 53.7 Å². The molecule has 15 heteroatoms. The molecular formula is C27H23F7N4O3S. The van der Waals surface area contributed by atoms with E-state index in [2.05, 4.69) is 9.97 Å². The highest BCUT2D eigenvalue weighted by Gasteiger charge is 2.38. The van der Waals surface area contributed by atoms with Crippen molar-refractivity contribution in [1.29, 1.82) is 0 Å². The van der Waals surface area contributed by atoms with Crippen molar-refractivity contribution in [1.82, 2.24) is 14.3 Å².